The Labute approximate surface area is 265 Å². The van der Waals surface area contributed by atoms with Gasteiger partial charge in [-0.3, -0.25) is 23.7 Å². The van der Waals surface area contributed by atoms with E-state index < -0.39 is 29.0 Å². The number of esters is 1. The molecule has 1 N–H and O–H groups in total. The highest BCUT2D eigenvalue weighted by Gasteiger charge is 2.56. The van der Waals surface area contributed by atoms with E-state index in [-0.39, 0.29) is 29.8 Å². The van der Waals surface area contributed by atoms with Crippen LogP contribution in [0.2, 0.25) is 5.02 Å². The van der Waals surface area contributed by atoms with Crippen LogP contribution in [0, 0.1) is 12.8 Å². The second-order valence-electron chi connectivity index (χ2n) is 10.4. The van der Waals surface area contributed by atoms with E-state index in [4.69, 9.17) is 16.3 Å². The standard InChI is InChI=1S/C32H26ClN3O6S2/c1-3-42-31(40)19-8-12-21(13-9-19)34-23(37)16-35-30-27(44-32(35)41)24(18-6-10-20(33)11-7-18)25-26(43-30)29(39)36(28(25)38)22-14-4-17(2)5-15-22/h4-15,24-26H,3,16H2,1-2H3,(H,34,37)/t24-,25?,26?/m0/s1. The summed E-state index contributed by atoms with van der Waals surface area (Å²) in [4.78, 5) is 67.7. The van der Waals surface area contributed by atoms with E-state index in [2.05, 4.69) is 5.32 Å². The summed E-state index contributed by atoms with van der Waals surface area (Å²) in [6.07, 6.45) is 0. The molecule has 3 heterocycles. The molecule has 0 bridgehead atoms. The normalized spacial score (nSPS) is 19.0. The number of aryl methyl sites for hydroxylation is 1. The number of nitrogens with zero attached hydrogens (tertiary/aromatic N) is 2. The smallest absolute Gasteiger partial charge is 0.338 e. The van der Waals surface area contributed by atoms with Gasteiger partial charge in [0, 0.05) is 21.5 Å². The minimum atomic E-state index is -0.796. The van der Waals surface area contributed by atoms with Gasteiger partial charge in [-0.15, -0.1) is 0 Å². The number of ether oxygens (including phenoxy) is 1. The quantitative estimate of drug-likeness (QED) is 0.209. The molecular formula is C32H26ClN3O6S2. The lowest BCUT2D eigenvalue weighted by Crippen LogP contribution is -2.33. The van der Waals surface area contributed by atoms with E-state index in [1.165, 1.54) is 9.47 Å². The Hall–Kier alpha value is -4.19. The molecule has 2 unspecified atom stereocenters. The number of hydrogen-bond acceptors (Lipinski definition) is 8. The molecule has 12 heteroatoms. The fourth-order valence-corrected chi connectivity index (χ4v) is 8.38. The predicted octanol–water partition coefficient (Wildman–Crippen LogP) is 5.48. The van der Waals surface area contributed by atoms with E-state index in [0.717, 1.165) is 34.2 Å². The number of nitrogens with one attached hydrogen (secondary N) is 1. The van der Waals surface area contributed by atoms with Crippen LogP contribution < -0.4 is 15.1 Å². The van der Waals surface area contributed by atoms with Gasteiger partial charge in [0.1, 0.15) is 11.8 Å². The highest BCUT2D eigenvalue weighted by atomic mass is 35.5. The van der Waals surface area contributed by atoms with Gasteiger partial charge in [0.2, 0.25) is 17.7 Å². The second kappa shape index (κ2) is 12.1. The third-order valence-electron chi connectivity index (χ3n) is 7.55. The van der Waals surface area contributed by atoms with Crippen molar-refractivity contribution in [3.63, 3.8) is 0 Å². The summed E-state index contributed by atoms with van der Waals surface area (Å²) in [5.74, 6) is -2.96. The van der Waals surface area contributed by atoms with Crippen molar-refractivity contribution in [2.75, 3.05) is 16.8 Å². The Morgan fingerprint density at radius 1 is 0.932 bits per heavy atom. The average molecular weight is 648 g/mol. The number of halogens is 1. The van der Waals surface area contributed by atoms with Gasteiger partial charge < -0.3 is 10.1 Å². The molecule has 44 heavy (non-hydrogen) atoms. The van der Waals surface area contributed by atoms with Gasteiger partial charge >= 0.3 is 10.8 Å². The molecule has 2 aliphatic rings. The van der Waals surface area contributed by atoms with Gasteiger partial charge in [-0.25, -0.2) is 9.69 Å². The van der Waals surface area contributed by atoms with Gasteiger partial charge in [0.15, 0.2) is 0 Å². The van der Waals surface area contributed by atoms with Crippen molar-refractivity contribution in [2.45, 2.75) is 36.6 Å². The van der Waals surface area contributed by atoms with Crippen molar-refractivity contribution in [3.8, 4) is 0 Å². The van der Waals surface area contributed by atoms with E-state index in [0.29, 0.717) is 31.9 Å². The Bertz CT molecular complexity index is 1830. The van der Waals surface area contributed by atoms with Crippen molar-refractivity contribution in [2.24, 2.45) is 5.92 Å². The molecule has 1 fully saturated rings. The first-order valence-electron chi connectivity index (χ1n) is 13.8. The number of thioether (sulfide) groups is 1. The molecule has 9 nitrogen and oxygen atoms in total. The maximum absolute atomic E-state index is 14.0. The molecule has 1 saturated heterocycles. The fourth-order valence-electron chi connectivity index (χ4n) is 5.48. The Morgan fingerprint density at radius 3 is 2.27 bits per heavy atom. The summed E-state index contributed by atoms with van der Waals surface area (Å²) in [5, 5.41) is 2.97. The number of benzene rings is 3. The molecule has 1 aromatic heterocycles. The number of carbonyl (C=O) groups excluding carboxylic acids is 4. The summed E-state index contributed by atoms with van der Waals surface area (Å²) >= 11 is 8.29. The summed E-state index contributed by atoms with van der Waals surface area (Å²) in [6, 6.07) is 20.5. The fraction of sp³-hybridized carbons (Fsp3) is 0.219. The molecule has 3 aromatic carbocycles. The number of thiazole rings is 1. The van der Waals surface area contributed by atoms with Crippen LogP contribution in [0.1, 0.15) is 39.2 Å². The van der Waals surface area contributed by atoms with Gasteiger partial charge in [-0.2, -0.15) is 0 Å². The van der Waals surface area contributed by atoms with Crippen molar-refractivity contribution >= 4 is 69.8 Å². The topological polar surface area (TPSA) is 115 Å². The molecule has 4 aromatic rings. The average Bonchev–Trinajstić information content (AvgIpc) is 3.45. The van der Waals surface area contributed by atoms with Crippen molar-refractivity contribution in [3.05, 3.63) is 109 Å². The number of carbonyl (C=O) groups is 4. The Morgan fingerprint density at radius 2 is 1.61 bits per heavy atom. The highest BCUT2D eigenvalue weighted by Crippen LogP contribution is 2.54. The monoisotopic (exact) mass is 647 g/mol. The third kappa shape index (κ3) is 5.47. The van der Waals surface area contributed by atoms with Crippen molar-refractivity contribution < 1.29 is 23.9 Å². The molecule has 0 radical (unpaired) electrons. The Kier molecular flexibility index (Phi) is 8.19. The van der Waals surface area contributed by atoms with Crippen LogP contribution in [0.25, 0.3) is 0 Å². The summed E-state index contributed by atoms with van der Waals surface area (Å²) in [5.41, 5.74) is 3.03. The van der Waals surface area contributed by atoms with Gasteiger partial charge in [-0.05, 0) is 67.9 Å². The van der Waals surface area contributed by atoms with Crippen LogP contribution in [-0.4, -0.2) is 40.1 Å². The first-order valence-corrected chi connectivity index (χ1v) is 15.9. The molecule has 3 atom stereocenters. The molecule has 0 aliphatic carbocycles. The van der Waals surface area contributed by atoms with Crippen LogP contribution in [0.15, 0.2) is 82.6 Å². The zero-order chi connectivity index (χ0) is 31.1. The summed E-state index contributed by atoms with van der Waals surface area (Å²) < 4.78 is 6.35. The van der Waals surface area contributed by atoms with Crippen LogP contribution >= 0.6 is 34.7 Å². The zero-order valence-corrected chi connectivity index (χ0v) is 26.0. The zero-order valence-electron chi connectivity index (χ0n) is 23.6. The summed E-state index contributed by atoms with van der Waals surface area (Å²) in [6.45, 7) is 3.59. The molecule has 6 rings (SSSR count). The number of imide groups is 1. The maximum Gasteiger partial charge on any atom is 0.338 e. The number of hydrogen-bond donors (Lipinski definition) is 1. The van der Waals surface area contributed by atoms with Gasteiger partial charge in [0.25, 0.3) is 0 Å². The van der Waals surface area contributed by atoms with E-state index in [9.17, 15) is 24.0 Å². The van der Waals surface area contributed by atoms with Crippen LogP contribution in [-0.2, 0) is 25.7 Å². The molecule has 224 valence electrons. The van der Waals surface area contributed by atoms with Gasteiger partial charge in [0.05, 0.1) is 28.8 Å². The van der Waals surface area contributed by atoms with E-state index >= 15 is 0 Å². The number of anilines is 2. The number of rotatable bonds is 7. The highest BCUT2D eigenvalue weighted by molar-refractivity contribution is 8.00. The minimum absolute atomic E-state index is 0.249. The summed E-state index contributed by atoms with van der Waals surface area (Å²) in [7, 11) is 0. The van der Waals surface area contributed by atoms with Crippen LogP contribution in [0.3, 0.4) is 0 Å². The van der Waals surface area contributed by atoms with E-state index in [1.807, 2.05) is 19.1 Å². The predicted molar refractivity (Wildman–Crippen MR) is 170 cm³/mol. The SMILES string of the molecule is CCOC(=O)c1ccc(NC(=O)Cn2c3c(sc2=O)[C@@H](c2ccc(Cl)cc2)C2C(=O)N(c4ccc(C)cc4)C(=O)C2S3)cc1. The third-order valence-corrected chi connectivity index (χ3v) is 10.4. The largest absolute Gasteiger partial charge is 0.462 e. The molecule has 0 spiro atoms. The molecule has 2 aliphatic heterocycles. The number of fused-ring (bicyclic) bond motifs is 2. The lowest BCUT2D eigenvalue weighted by molar-refractivity contribution is -0.122. The van der Waals surface area contributed by atoms with E-state index in [1.54, 1.807) is 67.6 Å². The number of amides is 3. The first-order chi connectivity index (χ1) is 21.2. The molecular weight excluding hydrogens is 622 g/mol. The second-order valence-corrected chi connectivity index (χ2v) is 13.0. The lowest BCUT2D eigenvalue weighted by atomic mass is 9.83. The minimum Gasteiger partial charge on any atom is -0.462 e. The maximum atomic E-state index is 14.0. The van der Waals surface area contributed by atoms with Crippen molar-refractivity contribution in [1.82, 2.24) is 4.57 Å². The molecule has 3 amide bonds. The molecule has 0 saturated carbocycles. The number of aromatic nitrogens is 1. The van der Waals surface area contributed by atoms with Gasteiger partial charge in [-0.1, -0.05) is 64.5 Å². The van der Waals surface area contributed by atoms with Crippen LogP contribution in [0.4, 0.5) is 11.4 Å². The lowest BCUT2D eigenvalue weighted by Gasteiger charge is -2.30. The van der Waals surface area contributed by atoms with Crippen molar-refractivity contribution in [1.29, 1.82) is 0 Å². The Balaban J connectivity index is 1.33. The van der Waals surface area contributed by atoms with Crippen LogP contribution in [0.5, 0.6) is 0 Å². The first kappa shape index (κ1) is 29.9.